The van der Waals surface area contributed by atoms with Crippen molar-refractivity contribution in [2.45, 2.75) is 77.2 Å². The van der Waals surface area contributed by atoms with E-state index in [0.717, 1.165) is 12.0 Å². The van der Waals surface area contributed by atoms with Crippen molar-refractivity contribution in [2.24, 2.45) is 0 Å². The molecule has 1 aromatic rings. The van der Waals surface area contributed by atoms with Crippen molar-refractivity contribution in [1.82, 2.24) is 5.32 Å². The molecule has 0 saturated heterocycles. The lowest BCUT2D eigenvalue weighted by Gasteiger charge is -2.37. The Balaban J connectivity index is 1.53. The SMILES string of the molecule is CCCCCCCCNC1CC(c2ccccc2C)C1. The fourth-order valence-electron chi connectivity index (χ4n) is 3.29. The number of rotatable bonds is 9. The first-order chi connectivity index (χ1) is 9.81. The zero-order chi connectivity index (χ0) is 14.2. The molecule has 112 valence electrons. The van der Waals surface area contributed by atoms with Gasteiger partial charge >= 0.3 is 0 Å². The summed E-state index contributed by atoms with van der Waals surface area (Å²) in [6.07, 6.45) is 11.0. The van der Waals surface area contributed by atoms with Gasteiger partial charge < -0.3 is 5.32 Å². The Labute approximate surface area is 125 Å². The van der Waals surface area contributed by atoms with Gasteiger partial charge in [-0.3, -0.25) is 0 Å². The van der Waals surface area contributed by atoms with Crippen LogP contribution in [0.2, 0.25) is 0 Å². The molecule has 0 aromatic heterocycles. The molecule has 1 aromatic carbocycles. The summed E-state index contributed by atoms with van der Waals surface area (Å²) in [5.74, 6) is 0.804. The molecule has 0 aliphatic heterocycles. The van der Waals surface area contributed by atoms with Gasteiger partial charge in [-0.1, -0.05) is 63.3 Å². The minimum Gasteiger partial charge on any atom is -0.314 e. The molecule has 0 atom stereocenters. The molecule has 0 amide bonds. The lowest BCUT2D eigenvalue weighted by atomic mass is 9.74. The Kier molecular flexibility index (Phi) is 6.59. The second-order valence-electron chi connectivity index (χ2n) is 6.44. The van der Waals surface area contributed by atoms with E-state index in [1.807, 2.05) is 0 Å². The summed E-state index contributed by atoms with van der Waals surface area (Å²) in [4.78, 5) is 0. The molecule has 1 heteroatoms. The summed E-state index contributed by atoms with van der Waals surface area (Å²) in [7, 11) is 0. The average molecular weight is 273 g/mol. The summed E-state index contributed by atoms with van der Waals surface area (Å²) in [5, 5.41) is 3.73. The molecular formula is C19H31N. The van der Waals surface area contributed by atoms with Crippen molar-refractivity contribution in [1.29, 1.82) is 0 Å². The summed E-state index contributed by atoms with van der Waals surface area (Å²) in [5.41, 5.74) is 3.04. The second-order valence-corrected chi connectivity index (χ2v) is 6.44. The van der Waals surface area contributed by atoms with E-state index in [-0.39, 0.29) is 0 Å². The van der Waals surface area contributed by atoms with Crippen LogP contribution in [-0.2, 0) is 0 Å². The maximum absolute atomic E-state index is 3.73. The van der Waals surface area contributed by atoms with Gasteiger partial charge in [0.15, 0.2) is 0 Å². The largest absolute Gasteiger partial charge is 0.314 e. The van der Waals surface area contributed by atoms with Crippen LogP contribution in [0.25, 0.3) is 0 Å². The van der Waals surface area contributed by atoms with Gasteiger partial charge in [-0.2, -0.15) is 0 Å². The fourth-order valence-corrected chi connectivity index (χ4v) is 3.29. The maximum atomic E-state index is 3.73. The van der Waals surface area contributed by atoms with Gasteiger partial charge in [-0.05, 0) is 49.8 Å². The Hall–Kier alpha value is -0.820. The summed E-state index contributed by atoms with van der Waals surface area (Å²) >= 11 is 0. The van der Waals surface area contributed by atoms with Crippen LogP contribution in [0.15, 0.2) is 24.3 Å². The highest BCUT2D eigenvalue weighted by Gasteiger charge is 2.30. The Morgan fingerprint density at radius 1 is 1.00 bits per heavy atom. The Morgan fingerprint density at radius 3 is 2.45 bits per heavy atom. The van der Waals surface area contributed by atoms with E-state index in [1.54, 1.807) is 5.56 Å². The van der Waals surface area contributed by atoms with E-state index < -0.39 is 0 Å². The van der Waals surface area contributed by atoms with Crippen LogP contribution in [0.3, 0.4) is 0 Å². The summed E-state index contributed by atoms with van der Waals surface area (Å²) in [6, 6.07) is 9.65. The van der Waals surface area contributed by atoms with Crippen LogP contribution in [0.5, 0.6) is 0 Å². The molecular weight excluding hydrogens is 242 g/mol. The summed E-state index contributed by atoms with van der Waals surface area (Å²) in [6.45, 7) is 5.74. The zero-order valence-electron chi connectivity index (χ0n) is 13.3. The molecule has 0 spiro atoms. The molecule has 1 aliphatic carbocycles. The molecule has 1 aliphatic rings. The van der Waals surface area contributed by atoms with E-state index in [9.17, 15) is 0 Å². The highest BCUT2D eigenvalue weighted by Crippen LogP contribution is 2.38. The van der Waals surface area contributed by atoms with Crippen LogP contribution in [0.1, 0.15) is 75.3 Å². The standard InChI is InChI=1S/C19H31N/c1-3-4-5-6-7-10-13-20-18-14-17(15-18)19-12-9-8-11-16(19)2/h8-9,11-12,17-18,20H,3-7,10,13-15H2,1-2H3. The van der Waals surface area contributed by atoms with Crippen LogP contribution in [0.4, 0.5) is 0 Å². The van der Waals surface area contributed by atoms with Crippen molar-refractivity contribution >= 4 is 0 Å². The first kappa shape index (κ1) is 15.6. The predicted octanol–water partition coefficient (Wildman–Crippen LogP) is 5.19. The summed E-state index contributed by atoms with van der Waals surface area (Å²) < 4.78 is 0. The van der Waals surface area contributed by atoms with E-state index in [2.05, 4.69) is 43.4 Å². The maximum Gasteiger partial charge on any atom is 0.00787 e. The molecule has 0 unspecified atom stereocenters. The van der Waals surface area contributed by atoms with Crippen LogP contribution < -0.4 is 5.32 Å². The minimum atomic E-state index is 0.773. The van der Waals surface area contributed by atoms with Gasteiger partial charge in [0, 0.05) is 6.04 Å². The predicted molar refractivity (Wildman–Crippen MR) is 88.3 cm³/mol. The van der Waals surface area contributed by atoms with Crippen LogP contribution in [0, 0.1) is 6.92 Å². The smallest absolute Gasteiger partial charge is 0.00787 e. The number of hydrogen-bond donors (Lipinski definition) is 1. The Bertz CT molecular complexity index is 379. The van der Waals surface area contributed by atoms with Gasteiger partial charge in [-0.15, -0.1) is 0 Å². The molecule has 20 heavy (non-hydrogen) atoms. The highest BCUT2D eigenvalue weighted by atomic mass is 14.9. The van der Waals surface area contributed by atoms with E-state index in [4.69, 9.17) is 0 Å². The van der Waals surface area contributed by atoms with Crippen molar-refractivity contribution in [3.05, 3.63) is 35.4 Å². The van der Waals surface area contributed by atoms with E-state index in [0.29, 0.717) is 0 Å². The van der Waals surface area contributed by atoms with Gasteiger partial charge in [-0.25, -0.2) is 0 Å². The number of benzene rings is 1. The lowest BCUT2D eigenvalue weighted by molar-refractivity contribution is 0.289. The zero-order valence-corrected chi connectivity index (χ0v) is 13.3. The van der Waals surface area contributed by atoms with Crippen molar-refractivity contribution in [3.8, 4) is 0 Å². The third-order valence-electron chi connectivity index (χ3n) is 4.73. The Morgan fingerprint density at radius 2 is 1.70 bits per heavy atom. The molecule has 1 nitrogen and oxygen atoms in total. The minimum absolute atomic E-state index is 0.773. The van der Waals surface area contributed by atoms with Gasteiger partial charge in [0.1, 0.15) is 0 Å². The molecule has 1 N–H and O–H groups in total. The van der Waals surface area contributed by atoms with Gasteiger partial charge in [0.05, 0.1) is 0 Å². The average Bonchev–Trinajstić information content (AvgIpc) is 2.41. The first-order valence-corrected chi connectivity index (χ1v) is 8.60. The van der Waals surface area contributed by atoms with Crippen LogP contribution >= 0.6 is 0 Å². The monoisotopic (exact) mass is 273 g/mol. The van der Waals surface area contributed by atoms with Gasteiger partial charge in [0.2, 0.25) is 0 Å². The molecule has 1 saturated carbocycles. The van der Waals surface area contributed by atoms with Crippen molar-refractivity contribution in [3.63, 3.8) is 0 Å². The topological polar surface area (TPSA) is 12.0 Å². The van der Waals surface area contributed by atoms with Crippen molar-refractivity contribution < 1.29 is 0 Å². The number of unbranched alkanes of at least 4 members (excludes halogenated alkanes) is 5. The van der Waals surface area contributed by atoms with Gasteiger partial charge in [0.25, 0.3) is 0 Å². The highest BCUT2D eigenvalue weighted by molar-refractivity contribution is 5.31. The van der Waals surface area contributed by atoms with Crippen molar-refractivity contribution in [2.75, 3.05) is 6.54 Å². The molecule has 0 heterocycles. The number of nitrogens with one attached hydrogen (secondary N) is 1. The lowest BCUT2D eigenvalue weighted by Crippen LogP contribution is -2.40. The normalized spacial score (nSPS) is 21.7. The second kappa shape index (κ2) is 8.46. The molecule has 0 bridgehead atoms. The third kappa shape index (κ3) is 4.63. The third-order valence-corrected chi connectivity index (χ3v) is 4.73. The van der Waals surface area contributed by atoms with Crippen LogP contribution in [-0.4, -0.2) is 12.6 Å². The molecule has 2 rings (SSSR count). The molecule has 1 fully saturated rings. The van der Waals surface area contributed by atoms with E-state index >= 15 is 0 Å². The number of aryl methyl sites for hydroxylation is 1. The molecule has 0 radical (unpaired) electrons. The first-order valence-electron chi connectivity index (χ1n) is 8.60. The quantitative estimate of drug-likeness (QED) is 0.610. The van der Waals surface area contributed by atoms with E-state index in [1.165, 1.54) is 63.5 Å². The number of hydrogen-bond acceptors (Lipinski definition) is 1. The fraction of sp³-hybridized carbons (Fsp3) is 0.684.